The molecule has 0 saturated carbocycles. The number of H-pyrrole nitrogens is 1. The third-order valence-corrected chi connectivity index (χ3v) is 3.36. The number of hydrogen-bond donors (Lipinski definition) is 3. The molecule has 2 aromatic rings. The number of nitrogens with one attached hydrogen (secondary N) is 2. The van der Waals surface area contributed by atoms with Gasteiger partial charge in [0, 0.05) is 0 Å². The number of aromatic hydroxyl groups is 1. The molecule has 0 fully saturated rings. The number of esters is 1. The predicted octanol–water partition coefficient (Wildman–Crippen LogP) is 1.26. The highest BCUT2D eigenvalue weighted by Gasteiger charge is 2.17. The first-order valence-corrected chi connectivity index (χ1v) is 7.36. The number of nitrogens with zero attached hydrogens (tertiary/aromatic N) is 1. The van der Waals surface area contributed by atoms with Crippen LogP contribution >= 0.6 is 0 Å². The van der Waals surface area contributed by atoms with Crippen LogP contribution in [0.5, 0.6) is 5.88 Å². The van der Waals surface area contributed by atoms with E-state index < -0.39 is 11.7 Å². The van der Waals surface area contributed by atoms with Crippen molar-refractivity contribution in [1.29, 1.82) is 0 Å². The second kappa shape index (κ2) is 8.02. The maximum absolute atomic E-state index is 12.1. The van der Waals surface area contributed by atoms with Crippen molar-refractivity contribution in [2.45, 2.75) is 6.42 Å². The van der Waals surface area contributed by atoms with E-state index in [4.69, 9.17) is 4.84 Å². The van der Waals surface area contributed by atoms with Gasteiger partial charge in [0.1, 0.15) is 0 Å². The van der Waals surface area contributed by atoms with Crippen molar-refractivity contribution in [2.24, 2.45) is 0 Å². The van der Waals surface area contributed by atoms with Crippen molar-refractivity contribution >= 4 is 11.7 Å². The Morgan fingerprint density at radius 1 is 1.40 bits per heavy atom. The van der Waals surface area contributed by atoms with Gasteiger partial charge in [-0.15, -0.1) is 6.58 Å². The number of benzene rings is 1. The Morgan fingerprint density at radius 3 is 2.68 bits per heavy atom. The van der Waals surface area contributed by atoms with Crippen LogP contribution in [0.2, 0.25) is 0 Å². The lowest BCUT2D eigenvalue weighted by Crippen LogP contribution is -2.15. The van der Waals surface area contributed by atoms with Crippen LogP contribution in [-0.2, 0) is 20.8 Å². The smallest absolute Gasteiger partial charge is 0.333 e. The molecule has 0 saturated heterocycles. The van der Waals surface area contributed by atoms with Crippen molar-refractivity contribution in [2.75, 3.05) is 13.7 Å². The van der Waals surface area contributed by atoms with Crippen molar-refractivity contribution in [3.63, 3.8) is 0 Å². The standard InChI is InChI=1S/C17H19N3O5/c1-4-9-25-19-11(2)12-5-7-13(8-6-12)20-16(22)14(18-17(20)23)10-15(21)24-3/h4-8,19,22H,1-2,9-10H2,3H3,(H,18,23). The van der Waals surface area contributed by atoms with E-state index in [0.717, 1.165) is 10.1 Å². The van der Waals surface area contributed by atoms with Crippen LogP contribution in [0.25, 0.3) is 11.4 Å². The van der Waals surface area contributed by atoms with Crippen LogP contribution in [0.3, 0.4) is 0 Å². The molecule has 3 N–H and O–H groups in total. The summed E-state index contributed by atoms with van der Waals surface area (Å²) in [4.78, 5) is 30.9. The highest BCUT2D eigenvalue weighted by atomic mass is 16.6. The SMILES string of the molecule is C=CCONC(=C)c1ccc(-n2c(O)c(CC(=O)OC)[nH]c2=O)cc1. The van der Waals surface area contributed by atoms with Gasteiger partial charge >= 0.3 is 11.7 Å². The summed E-state index contributed by atoms with van der Waals surface area (Å²) in [6.45, 7) is 7.70. The van der Waals surface area contributed by atoms with Gasteiger partial charge < -0.3 is 14.8 Å². The third-order valence-electron chi connectivity index (χ3n) is 3.36. The third kappa shape index (κ3) is 4.18. The lowest BCUT2D eigenvalue weighted by atomic mass is 10.1. The fourth-order valence-corrected chi connectivity index (χ4v) is 2.11. The summed E-state index contributed by atoms with van der Waals surface area (Å²) < 4.78 is 5.59. The van der Waals surface area contributed by atoms with Crippen LogP contribution in [0, 0.1) is 0 Å². The molecule has 0 spiro atoms. The van der Waals surface area contributed by atoms with Crippen molar-refractivity contribution in [3.8, 4) is 11.6 Å². The molecule has 25 heavy (non-hydrogen) atoms. The molecule has 0 amide bonds. The Kier molecular flexibility index (Phi) is 5.80. The average Bonchev–Trinajstić information content (AvgIpc) is 2.88. The van der Waals surface area contributed by atoms with Crippen LogP contribution in [0.1, 0.15) is 11.3 Å². The van der Waals surface area contributed by atoms with Gasteiger partial charge in [0.05, 0.1) is 37.2 Å². The number of hydroxylamine groups is 1. The molecule has 0 aliphatic rings. The summed E-state index contributed by atoms with van der Waals surface area (Å²) >= 11 is 0. The summed E-state index contributed by atoms with van der Waals surface area (Å²) in [5, 5.41) is 10.2. The Labute approximate surface area is 144 Å². The molecule has 132 valence electrons. The summed E-state index contributed by atoms with van der Waals surface area (Å²) in [5.41, 5.74) is 3.90. The molecule has 0 bridgehead atoms. The highest BCUT2D eigenvalue weighted by Crippen LogP contribution is 2.20. The van der Waals surface area contributed by atoms with Crippen LogP contribution < -0.4 is 11.2 Å². The van der Waals surface area contributed by atoms with Gasteiger partial charge in [0.15, 0.2) is 0 Å². The minimum Gasteiger partial charge on any atom is -0.493 e. The van der Waals surface area contributed by atoms with E-state index >= 15 is 0 Å². The second-order valence-electron chi connectivity index (χ2n) is 5.05. The van der Waals surface area contributed by atoms with Gasteiger partial charge in [0.25, 0.3) is 0 Å². The molecular weight excluding hydrogens is 326 g/mol. The maximum Gasteiger partial charge on any atom is 0.333 e. The van der Waals surface area contributed by atoms with Crippen LogP contribution in [0.4, 0.5) is 0 Å². The van der Waals surface area contributed by atoms with E-state index in [2.05, 4.69) is 28.4 Å². The quantitative estimate of drug-likeness (QED) is 0.288. The van der Waals surface area contributed by atoms with Gasteiger partial charge in [-0.1, -0.05) is 24.8 Å². The molecule has 2 rings (SSSR count). The van der Waals surface area contributed by atoms with Gasteiger partial charge in [-0.2, -0.15) is 0 Å². The van der Waals surface area contributed by atoms with E-state index in [1.807, 2.05) is 0 Å². The number of ether oxygens (including phenoxy) is 1. The normalized spacial score (nSPS) is 10.3. The molecule has 0 radical (unpaired) electrons. The molecular formula is C17H19N3O5. The molecule has 1 heterocycles. The number of aromatic amines is 1. The van der Waals surface area contributed by atoms with Crippen LogP contribution in [0.15, 0.2) is 48.3 Å². The molecule has 1 aromatic carbocycles. The molecule has 8 heteroatoms. The predicted molar refractivity (Wildman–Crippen MR) is 92.1 cm³/mol. The zero-order valence-corrected chi connectivity index (χ0v) is 13.7. The first-order valence-electron chi connectivity index (χ1n) is 7.36. The fraction of sp³-hybridized carbons (Fsp3) is 0.176. The van der Waals surface area contributed by atoms with E-state index in [-0.39, 0.29) is 18.0 Å². The van der Waals surface area contributed by atoms with Crippen molar-refractivity contribution in [1.82, 2.24) is 15.0 Å². The topological polar surface area (TPSA) is 106 Å². The number of rotatable bonds is 8. The maximum atomic E-state index is 12.1. The summed E-state index contributed by atoms with van der Waals surface area (Å²) in [6, 6.07) is 6.68. The lowest BCUT2D eigenvalue weighted by molar-refractivity contribution is -0.139. The van der Waals surface area contributed by atoms with E-state index in [1.54, 1.807) is 30.3 Å². The molecule has 8 nitrogen and oxygen atoms in total. The highest BCUT2D eigenvalue weighted by molar-refractivity contribution is 5.72. The fourth-order valence-electron chi connectivity index (χ4n) is 2.11. The summed E-state index contributed by atoms with van der Waals surface area (Å²) in [7, 11) is 1.23. The Balaban J connectivity index is 2.22. The monoisotopic (exact) mass is 345 g/mol. The summed E-state index contributed by atoms with van der Waals surface area (Å²) in [6.07, 6.45) is 1.36. The van der Waals surface area contributed by atoms with Crippen LogP contribution in [-0.4, -0.2) is 34.3 Å². The van der Waals surface area contributed by atoms with Crippen molar-refractivity contribution < 1.29 is 19.5 Å². The number of hydrogen-bond acceptors (Lipinski definition) is 6. The number of aromatic nitrogens is 2. The van der Waals surface area contributed by atoms with Gasteiger partial charge in [0.2, 0.25) is 5.88 Å². The molecule has 0 unspecified atom stereocenters. The van der Waals surface area contributed by atoms with Gasteiger partial charge in [-0.05, 0) is 17.7 Å². The van der Waals surface area contributed by atoms with Crippen molar-refractivity contribution in [3.05, 3.63) is 65.2 Å². The number of imidazole rings is 1. The summed E-state index contributed by atoms with van der Waals surface area (Å²) in [5.74, 6) is -0.907. The molecule has 0 atom stereocenters. The number of carbonyl (C=O) groups excluding carboxylic acids is 1. The van der Waals surface area contributed by atoms with Gasteiger partial charge in [-0.3, -0.25) is 15.1 Å². The Bertz CT molecular complexity index is 833. The van der Waals surface area contributed by atoms with E-state index in [0.29, 0.717) is 18.0 Å². The number of methoxy groups -OCH3 is 1. The first-order chi connectivity index (χ1) is 12.0. The zero-order valence-electron chi connectivity index (χ0n) is 13.7. The molecule has 0 aliphatic carbocycles. The van der Waals surface area contributed by atoms with E-state index in [1.165, 1.54) is 7.11 Å². The Morgan fingerprint density at radius 2 is 2.08 bits per heavy atom. The number of carbonyl (C=O) groups is 1. The largest absolute Gasteiger partial charge is 0.493 e. The van der Waals surface area contributed by atoms with Gasteiger partial charge in [-0.25, -0.2) is 9.36 Å². The minimum atomic E-state index is -0.569. The average molecular weight is 345 g/mol. The second-order valence-corrected chi connectivity index (χ2v) is 5.05. The first kappa shape index (κ1) is 18.1. The lowest BCUT2D eigenvalue weighted by Gasteiger charge is -2.10. The zero-order chi connectivity index (χ0) is 18.4. The minimum absolute atomic E-state index is 0.0878. The Hall–Kier alpha value is -3.26. The van der Waals surface area contributed by atoms with E-state index in [9.17, 15) is 14.7 Å². The molecule has 0 aliphatic heterocycles. The molecule has 1 aromatic heterocycles.